The van der Waals surface area contributed by atoms with E-state index in [0.717, 1.165) is 25.9 Å². The van der Waals surface area contributed by atoms with Crippen LogP contribution in [0.4, 0.5) is 4.39 Å². The Balaban J connectivity index is 2.18. The second-order valence-electron chi connectivity index (χ2n) is 4.42. The number of hydrogen-bond acceptors (Lipinski definition) is 2. The molecular weight excluding hydrogens is 205 g/mol. The normalized spacial score (nSPS) is 23.0. The minimum Gasteiger partial charge on any atom is -0.396 e. The largest absolute Gasteiger partial charge is 0.396 e. The van der Waals surface area contributed by atoms with E-state index in [2.05, 4.69) is 5.32 Å². The molecule has 88 valence electrons. The van der Waals surface area contributed by atoms with Crippen LogP contribution in [0.15, 0.2) is 24.3 Å². The summed E-state index contributed by atoms with van der Waals surface area (Å²) >= 11 is 0. The Labute approximate surface area is 95.5 Å². The summed E-state index contributed by atoms with van der Waals surface area (Å²) in [5.41, 5.74) is 0.652. The van der Waals surface area contributed by atoms with E-state index in [4.69, 9.17) is 0 Å². The van der Waals surface area contributed by atoms with Crippen LogP contribution in [0.2, 0.25) is 0 Å². The van der Waals surface area contributed by atoms with Gasteiger partial charge in [-0.2, -0.15) is 0 Å². The summed E-state index contributed by atoms with van der Waals surface area (Å²) in [5, 5.41) is 12.8. The zero-order valence-electron chi connectivity index (χ0n) is 9.32. The Morgan fingerprint density at radius 1 is 1.44 bits per heavy atom. The molecule has 0 bridgehead atoms. The summed E-state index contributed by atoms with van der Waals surface area (Å²) in [6.07, 6.45) is 2.17. The molecule has 1 aromatic rings. The molecule has 0 amide bonds. The lowest BCUT2D eigenvalue weighted by molar-refractivity contribution is 0.201. The Kier molecular flexibility index (Phi) is 3.91. The minimum absolute atomic E-state index is 0.0211. The van der Waals surface area contributed by atoms with Crippen LogP contribution < -0.4 is 5.32 Å². The molecule has 1 aromatic carbocycles. The minimum atomic E-state index is -0.202. The van der Waals surface area contributed by atoms with Crippen molar-refractivity contribution in [3.63, 3.8) is 0 Å². The molecule has 2 unspecified atom stereocenters. The number of nitrogens with one attached hydrogen (secondary N) is 1. The fourth-order valence-corrected chi connectivity index (χ4v) is 2.50. The van der Waals surface area contributed by atoms with Crippen LogP contribution in [0.1, 0.15) is 24.3 Å². The summed E-state index contributed by atoms with van der Waals surface area (Å²) < 4.78 is 13.7. The van der Waals surface area contributed by atoms with Gasteiger partial charge in [-0.05, 0) is 43.5 Å². The van der Waals surface area contributed by atoms with Crippen LogP contribution in [0.3, 0.4) is 0 Å². The molecule has 1 fully saturated rings. The summed E-state index contributed by atoms with van der Waals surface area (Å²) in [7, 11) is 0. The molecule has 0 spiro atoms. The molecule has 3 heteroatoms. The first-order chi connectivity index (χ1) is 7.83. The van der Waals surface area contributed by atoms with Crippen LogP contribution in [-0.4, -0.2) is 24.8 Å². The molecule has 1 aliphatic rings. The molecule has 1 heterocycles. The van der Waals surface area contributed by atoms with Gasteiger partial charge in [0.2, 0.25) is 0 Å². The van der Waals surface area contributed by atoms with E-state index >= 15 is 0 Å². The first-order valence-electron chi connectivity index (χ1n) is 5.89. The van der Waals surface area contributed by atoms with E-state index in [9.17, 15) is 9.50 Å². The highest BCUT2D eigenvalue weighted by atomic mass is 19.1. The lowest BCUT2D eigenvalue weighted by Crippen LogP contribution is -2.34. The van der Waals surface area contributed by atoms with Gasteiger partial charge in [0, 0.05) is 5.92 Å². The first kappa shape index (κ1) is 11.6. The van der Waals surface area contributed by atoms with Gasteiger partial charge in [-0.1, -0.05) is 18.2 Å². The van der Waals surface area contributed by atoms with Crippen LogP contribution in [0, 0.1) is 11.7 Å². The fraction of sp³-hybridized carbons (Fsp3) is 0.538. The summed E-state index contributed by atoms with van der Waals surface area (Å²) in [5.74, 6) is 0.0665. The summed E-state index contributed by atoms with van der Waals surface area (Å²) in [6.45, 7) is 1.93. The molecule has 16 heavy (non-hydrogen) atoms. The van der Waals surface area contributed by atoms with Gasteiger partial charge in [-0.3, -0.25) is 0 Å². The highest BCUT2D eigenvalue weighted by molar-refractivity contribution is 5.23. The average molecular weight is 223 g/mol. The second kappa shape index (κ2) is 5.41. The van der Waals surface area contributed by atoms with Gasteiger partial charge in [0.25, 0.3) is 0 Å². The number of rotatable bonds is 3. The monoisotopic (exact) mass is 223 g/mol. The van der Waals surface area contributed by atoms with Gasteiger partial charge in [0.1, 0.15) is 5.82 Å². The molecule has 1 aliphatic heterocycles. The van der Waals surface area contributed by atoms with E-state index in [1.807, 2.05) is 6.07 Å². The number of piperidine rings is 1. The van der Waals surface area contributed by atoms with Crippen molar-refractivity contribution in [2.24, 2.45) is 5.92 Å². The van der Waals surface area contributed by atoms with Gasteiger partial charge in [-0.15, -0.1) is 0 Å². The highest BCUT2D eigenvalue weighted by Crippen LogP contribution is 2.30. The van der Waals surface area contributed by atoms with Crippen molar-refractivity contribution in [3.05, 3.63) is 35.6 Å². The molecule has 0 aromatic heterocycles. The van der Waals surface area contributed by atoms with E-state index < -0.39 is 0 Å². The van der Waals surface area contributed by atoms with Gasteiger partial charge in [0.15, 0.2) is 0 Å². The van der Waals surface area contributed by atoms with Crippen LogP contribution in [-0.2, 0) is 0 Å². The third-order valence-electron chi connectivity index (χ3n) is 3.41. The zero-order chi connectivity index (χ0) is 11.4. The highest BCUT2D eigenvalue weighted by Gasteiger charge is 2.26. The number of aliphatic hydroxyl groups excluding tert-OH is 1. The molecular formula is C13H18FNO. The molecule has 0 saturated carbocycles. The van der Waals surface area contributed by atoms with Crippen LogP contribution in [0.25, 0.3) is 0 Å². The predicted octanol–water partition coefficient (Wildman–Crippen LogP) is 1.90. The Bertz CT molecular complexity index is 336. The van der Waals surface area contributed by atoms with Crippen molar-refractivity contribution in [2.45, 2.75) is 18.8 Å². The van der Waals surface area contributed by atoms with Gasteiger partial charge in [0.05, 0.1) is 6.61 Å². The zero-order valence-corrected chi connectivity index (χ0v) is 9.32. The van der Waals surface area contributed by atoms with Crippen molar-refractivity contribution < 1.29 is 9.50 Å². The Morgan fingerprint density at radius 2 is 2.25 bits per heavy atom. The fourth-order valence-electron chi connectivity index (χ4n) is 2.50. The molecule has 1 saturated heterocycles. The van der Waals surface area contributed by atoms with Crippen molar-refractivity contribution in [1.29, 1.82) is 0 Å². The topological polar surface area (TPSA) is 32.3 Å². The van der Waals surface area contributed by atoms with Crippen LogP contribution >= 0.6 is 0 Å². The molecule has 2 nitrogen and oxygen atoms in total. The van der Waals surface area contributed by atoms with E-state index in [0.29, 0.717) is 11.5 Å². The van der Waals surface area contributed by atoms with E-state index in [1.54, 1.807) is 12.1 Å². The lowest BCUT2D eigenvalue weighted by Gasteiger charge is -2.30. The quantitative estimate of drug-likeness (QED) is 0.820. The van der Waals surface area contributed by atoms with Crippen LogP contribution in [0.5, 0.6) is 0 Å². The summed E-state index contributed by atoms with van der Waals surface area (Å²) in [4.78, 5) is 0. The molecule has 0 radical (unpaired) electrons. The van der Waals surface area contributed by atoms with Crippen molar-refractivity contribution >= 4 is 0 Å². The van der Waals surface area contributed by atoms with Crippen molar-refractivity contribution in [2.75, 3.05) is 19.7 Å². The SMILES string of the molecule is OCC(c1ccccc1F)C1CCCNC1. The smallest absolute Gasteiger partial charge is 0.126 e. The molecule has 2 N–H and O–H groups in total. The maximum Gasteiger partial charge on any atom is 0.126 e. The molecule has 2 atom stereocenters. The summed E-state index contributed by atoms with van der Waals surface area (Å²) in [6, 6.07) is 6.77. The maximum absolute atomic E-state index is 13.7. The lowest BCUT2D eigenvalue weighted by atomic mass is 9.82. The third kappa shape index (κ3) is 2.42. The van der Waals surface area contributed by atoms with Gasteiger partial charge in [-0.25, -0.2) is 4.39 Å². The van der Waals surface area contributed by atoms with Crippen molar-refractivity contribution in [1.82, 2.24) is 5.32 Å². The average Bonchev–Trinajstić information content (AvgIpc) is 2.34. The van der Waals surface area contributed by atoms with Gasteiger partial charge >= 0.3 is 0 Å². The molecule has 2 rings (SSSR count). The predicted molar refractivity (Wildman–Crippen MR) is 61.8 cm³/mol. The standard InChI is InChI=1S/C13H18FNO/c14-13-6-2-1-5-11(13)12(9-16)10-4-3-7-15-8-10/h1-2,5-6,10,12,15-16H,3-4,7-9H2. The first-order valence-corrected chi connectivity index (χ1v) is 5.89. The molecule has 0 aliphatic carbocycles. The Morgan fingerprint density at radius 3 is 2.88 bits per heavy atom. The number of halogens is 1. The Hall–Kier alpha value is -0.930. The number of benzene rings is 1. The van der Waals surface area contributed by atoms with E-state index in [-0.39, 0.29) is 18.3 Å². The third-order valence-corrected chi connectivity index (χ3v) is 3.41. The second-order valence-corrected chi connectivity index (χ2v) is 4.42. The van der Waals surface area contributed by atoms with E-state index in [1.165, 1.54) is 6.07 Å². The van der Waals surface area contributed by atoms with Crippen molar-refractivity contribution in [3.8, 4) is 0 Å². The maximum atomic E-state index is 13.7. The number of hydrogen-bond donors (Lipinski definition) is 2. The number of aliphatic hydroxyl groups is 1. The van der Waals surface area contributed by atoms with Gasteiger partial charge < -0.3 is 10.4 Å².